The number of fused-ring (bicyclic) bond motifs is 1. The van der Waals surface area contributed by atoms with E-state index in [-0.39, 0.29) is 5.78 Å². The van der Waals surface area contributed by atoms with Gasteiger partial charge < -0.3 is 4.40 Å². The molecule has 0 unspecified atom stereocenters. The van der Waals surface area contributed by atoms with Crippen LogP contribution in [0.2, 0.25) is 0 Å². The van der Waals surface area contributed by atoms with Gasteiger partial charge >= 0.3 is 0 Å². The lowest BCUT2D eigenvalue weighted by atomic mass is 10.1. The lowest BCUT2D eigenvalue weighted by Gasteiger charge is -2.01. The molecular formula is C12H14N2O. The number of pyridine rings is 1. The van der Waals surface area contributed by atoms with Crippen LogP contribution in [0.25, 0.3) is 5.52 Å². The van der Waals surface area contributed by atoms with Gasteiger partial charge in [0.1, 0.15) is 11.6 Å². The highest BCUT2D eigenvalue weighted by atomic mass is 16.1. The van der Waals surface area contributed by atoms with Crippen LogP contribution in [0.15, 0.2) is 24.5 Å². The van der Waals surface area contributed by atoms with E-state index in [4.69, 9.17) is 0 Å². The average Bonchev–Trinajstić information content (AvgIpc) is 2.58. The van der Waals surface area contributed by atoms with Gasteiger partial charge in [-0.3, -0.25) is 4.79 Å². The summed E-state index contributed by atoms with van der Waals surface area (Å²) >= 11 is 0. The Morgan fingerprint density at radius 3 is 3.00 bits per heavy atom. The molecule has 3 nitrogen and oxygen atoms in total. The lowest BCUT2D eigenvalue weighted by Crippen LogP contribution is -1.98. The van der Waals surface area contributed by atoms with Gasteiger partial charge in [-0.15, -0.1) is 0 Å². The number of carbonyl (C=O) groups excluding carboxylic acids is 1. The Morgan fingerprint density at radius 1 is 1.53 bits per heavy atom. The van der Waals surface area contributed by atoms with Crippen molar-refractivity contribution in [2.24, 2.45) is 0 Å². The second-order valence-corrected chi connectivity index (χ2v) is 3.74. The van der Waals surface area contributed by atoms with Crippen molar-refractivity contribution in [1.29, 1.82) is 0 Å². The highest BCUT2D eigenvalue weighted by Gasteiger charge is 2.03. The molecule has 2 aromatic heterocycles. The van der Waals surface area contributed by atoms with Crippen LogP contribution in [-0.4, -0.2) is 15.2 Å². The van der Waals surface area contributed by atoms with E-state index in [1.54, 1.807) is 6.92 Å². The molecule has 2 heterocycles. The zero-order valence-corrected chi connectivity index (χ0v) is 9.03. The number of nitrogens with zero attached hydrogens (tertiary/aromatic N) is 2. The van der Waals surface area contributed by atoms with Gasteiger partial charge in [-0.2, -0.15) is 0 Å². The lowest BCUT2D eigenvalue weighted by molar-refractivity contribution is -0.116. The molecule has 0 saturated carbocycles. The molecule has 0 aromatic carbocycles. The Bertz CT molecular complexity index is 499. The summed E-state index contributed by atoms with van der Waals surface area (Å²) in [4.78, 5) is 15.3. The topological polar surface area (TPSA) is 34.4 Å². The molecule has 0 aliphatic heterocycles. The Labute approximate surface area is 88.8 Å². The van der Waals surface area contributed by atoms with Crippen LogP contribution in [0.4, 0.5) is 0 Å². The van der Waals surface area contributed by atoms with Gasteiger partial charge in [0.2, 0.25) is 0 Å². The van der Waals surface area contributed by atoms with Crippen molar-refractivity contribution in [1.82, 2.24) is 9.38 Å². The minimum Gasteiger partial charge on any atom is -0.304 e. The first kappa shape index (κ1) is 9.90. The molecule has 0 saturated heterocycles. The number of Topliss-reactive ketones (excluding diaryl/α,β-unsaturated/α-hetero) is 1. The van der Waals surface area contributed by atoms with Gasteiger partial charge in [-0.25, -0.2) is 4.98 Å². The van der Waals surface area contributed by atoms with E-state index in [2.05, 4.69) is 16.3 Å². The zero-order chi connectivity index (χ0) is 10.8. The maximum atomic E-state index is 11.0. The third-order valence-corrected chi connectivity index (χ3v) is 2.44. The number of carbonyl (C=O) groups is 1. The number of ketones is 1. The zero-order valence-electron chi connectivity index (χ0n) is 9.03. The summed E-state index contributed by atoms with van der Waals surface area (Å²) in [6.45, 7) is 3.69. The molecule has 0 atom stereocenters. The summed E-state index contributed by atoms with van der Waals surface area (Å²) in [5.41, 5.74) is 2.11. The molecule has 15 heavy (non-hydrogen) atoms. The van der Waals surface area contributed by atoms with E-state index in [0.29, 0.717) is 6.42 Å². The quantitative estimate of drug-likeness (QED) is 0.763. The van der Waals surface area contributed by atoms with Crippen molar-refractivity contribution in [2.75, 3.05) is 0 Å². The normalized spacial score (nSPS) is 10.8. The molecule has 0 aliphatic carbocycles. The fourth-order valence-electron chi connectivity index (χ4n) is 1.76. The molecule has 2 rings (SSSR count). The molecule has 0 bridgehead atoms. The van der Waals surface area contributed by atoms with Gasteiger partial charge in [-0.1, -0.05) is 6.92 Å². The summed E-state index contributed by atoms with van der Waals surface area (Å²) in [6.07, 6.45) is 5.26. The molecular weight excluding hydrogens is 188 g/mol. The van der Waals surface area contributed by atoms with Gasteiger partial charge in [0.25, 0.3) is 0 Å². The van der Waals surface area contributed by atoms with Crippen molar-refractivity contribution in [2.45, 2.75) is 26.7 Å². The van der Waals surface area contributed by atoms with E-state index in [9.17, 15) is 4.79 Å². The van der Waals surface area contributed by atoms with Crippen LogP contribution in [-0.2, 0) is 17.6 Å². The SMILES string of the molecule is CCc1ncc2cc(CC(C)=O)ccn12. The van der Waals surface area contributed by atoms with Crippen molar-refractivity contribution < 1.29 is 4.79 Å². The number of hydrogen-bond donors (Lipinski definition) is 0. The molecule has 0 radical (unpaired) electrons. The standard InChI is InChI=1S/C12H14N2O/c1-3-12-13-8-11-7-10(6-9(2)15)4-5-14(11)12/h4-5,7-8H,3,6H2,1-2H3. The summed E-state index contributed by atoms with van der Waals surface area (Å²) in [5, 5.41) is 0. The number of imidazole rings is 1. The maximum Gasteiger partial charge on any atom is 0.134 e. The average molecular weight is 202 g/mol. The largest absolute Gasteiger partial charge is 0.304 e. The summed E-state index contributed by atoms with van der Waals surface area (Å²) in [6, 6.07) is 4.00. The molecule has 2 aromatic rings. The predicted octanol–water partition coefficient (Wildman–Crippen LogP) is 2.03. The molecule has 0 spiro atoms. The van der Waals surface area contributed by atoms with Gasteiger partial charge in [0.05, 0.1) is 11.7 Å². The molecule has 3 heteroatoms. The van der Waals surface area contributed by atoms with Gasteiger partial charge in [0.15, 0.2) is 0 Å². The van der Waals surface area contributed by atoms with E-state index in [1.807, 2.05) is 24.5 Å². The number of hydrogen-bond acceptors (Lipinski definition) is 2. The number of aryl methyl sites for hydroxylation is 1. The highest BCUT2D eigenvalue weighted by Crippen LogP contribution is 2.11. The second kappa shape index (κ2) is 3.85. The predicted molar refractivity (Wildman–Crippen MR) is 59.0 cm³/mol. The van der Waals surface area contributed by atoms with Crippen LogP contribution in [0, 0.1) is 0 Å². The van der Waals surface area contributed by atoms with E-state index in [0.717, 1.165) is 23.3 Å². The minimum atomic E-state index is 0.189. The first-order chi connectivity index (χ1) is 7.20. The first-order valence-corrected chi connectivity index (χ1v) is 5.15. The molecule has 0 amide bonds. The Kier molecular flexibility index (Phi) is 2.54. The summed E-state index contributed by atoms with van der Waals surface area (Å²) in [5.74, 6) is 1.24. The van der Waals surface area contributed by atoms with Crippen molar-refractivity contribution in [3.8, 4) is 0 Å². The molecule has 0 N–H and O–H groups in total. The van der Waals surface area contributed by atoms with Crippen LogP contribution in [0.5, 0.6) is 0 Å². The third-order valence-electron chi connectivity index (χ3n) is 2.44. The number of aromatic nitrogens is 2. The van der Waals surface area contributed by atoms with Crippen LogP contribution in [0.3, 0.4) is 0 Å². The van der Waals surface area contributed by atoms with Crippen LogP contribution >= 0.6 is 0 Å². The van der Waals surface area contributed by atoms with Gasteiger partial charge in [0, 0.05) is 19.0 Å². The molecule has 0 aliphatic rings. The second-order valence-electron chi connectivity index (χ2n) is 3.74. The van der Waals surface area contributed by atoms with Crippen molar-refractivity contribution >= 4 is 11.3 Å². The van der Waals surface area contributed by atoms with E-state index >= 15 is 0 Å². The summed E-state index contributed by atoms with van der Waals surface area (Å²) < 4.78 is 2.06. The van der Waals surface area contributed by atoms with E-state index < -0.39 is 0 Å². The van der Waals surface area contributed by atoms with Crippen LogP contribution in [0.1, 0.15) is 25.2 Å². The Morgan fingerprint density at radius 2 is 2.33 bits per heavy atom. The Hall–Kier alpha value is -1.64. The highest BCUT2D eigenvalue weighted by molar-refractivity contribution is 5.78. The fourth-order valence-corrected chi connectivity index (χ4v) is 1.76. The number of rotatable bonds is 3. The van der Waals surface area contributed by atoms with Crippen molar-refractivity contribution in [3.63, 3.8) is 0 Å². The summed E-state index contributed by atoms with van der Waals surface area (Å²) in [7, 11) is 0. The third kappa shape index (κ3) is 1.91. The van der Waals surface area contributed by atoms with Crippen LogP contribution < -0.4 is 0 Å². The molecule has 78 valence electrons. The molecule has 0 fully saturated rings. The monoisotopic (exact) mass is 202 g/mol. The van der Waals surface area contributed by atoms with Gasteiger partial charge in [-0.05, 0) is 24.6 Å². The Balaban J connectivity index is 2.44. The van der Waals surface area contributed by atoms with Crippen molar-refractivity contribution in [3.05, 3.63) is 35.9 Å². The maximum absolute atomic E-state index is 11.0. The van der Waals surface area contributed by atoms with E-state index in [1.165, 1.54) is 0 Å². The fraction of sp³-hybridized carbons (Fsp3) is 0.333. The minimum absolute atomic E-state index is 0.189. The first-order valence-electron chi connectivity index (χ1n) is 5.15. The smallest absolute Gasteiger partial charge is 0.134 e.